The lowest BCUT2D eigenvalue weighted by atomic mass is 10.1. The maximum Gasteiger partial charge on any atom is 0.410 e. The zero-order chi connectivity index (χ0) is 20.0. The van der Waals surface area contributed by atoms with E-state index in [0.717, 1.165) is 6.26 Å². The van der Waals surface area contributed by atoms with Gasteiger partial charge >= 0.3 is 6.09 Å². The highest BCUT2D eigenvalue weighted by molar-refractivity contribution is 7.86. The second kappa shape index (κ2) is 9.00. The number of carbonyl (C=O) groups excluding carboxylic acids is 2. The fraction of sp³-hybridized carbons (Fsp3) is 0.562. The molecule has 1 aliphatic heterocycles. The Labute approximate surface area is 158 Å². The average Bonchev–Trinajstić information content (AvgIpc) is 3.15. The van der Waals surface area contributed by atoms with Crippen LogP contribution >= 0.6 is 0 Å². The molecular weight excluding hydrogens is 376 g/mol. The summed E-state index contributed by atoms with van der Waals surface area (Å²) in [5.41, 5.74) is 5.71. The van der Waals surface area contributed by atoms with Crippen molar-refractivity contribution in [2.75, 3.05) is 19.4 Å². The van der Waals surface area contributed by atoms with E-state index >= 15 is 0 Å². The topological polar surface area (TPSA) is 134 Å². The summed E-state index contributed by atoms with van der Waals surface area (Å²) in [5, 5.41) is 0. The van der Waals surface area contributed by atoms with E-state index < -0.39 is 28.2 Å². The van der Waals surface area contributed by atoms with Crippen LogP contribution in [0, 0.1) is 0 Å². The molecule has 2 rings (SSSR count). The third-order valence-corrected chi connectivity index (χ3v) is 4.63. The van der Waals surface area contributed by atoms with E-state index in [1.165, 1.54) is 11.0 Å². The third kappa shape index (κ3) is 6.68. The fourth-order valence-electron chi connectivity index (χ4n) is 3.00. The zero-order valence-corrected chi connectivity index (χ0v) is 15.9. The van der Waals surface area contributed by atoms with Gasteiger partial charge in [-0.3, -0.25) is 8.98 Å². The van der Waals surface area contributed by atoms with Crippen LogP contribution in [0.15, 0.2) is 25.2 Å². The maximum atomic E-state index is 12.2. The minimum absolute atomic E-state index is 0.0563. The Morgan fingerprint density at radius 3 is 2.85 bits per heavy atom. The van der Waals surface area contributed by atoms with E-state index in [0.29, 0.717) is 25.1 Å². The number of aromatic nitrogens is 2. The molecular formula is C16H24N4O6S. The number of ether oxygens (including phenoxy) is 1. The smallest absolute Gasteiger partial charge is 0.410 e. The molecule has 10 nitrogen and oxygen atoms in total. The van der Waals surface area contributed by atoms with Gasteiger partial charge in [-0.05, 0) is 12.8 Å². The molecule has 1 aromatic rings. The van der Waals surface area contributed by atoms with Gasteiger partial charge < -0.3 is 19.9 Å². The van der Waals surface area contributed by atoms with Gasteiger partial charge in [0, 0.05) is 18.8 Å². The van der Waals surface area contributed by atoms with Gasteiger partial charge in [0.15, 0.2) is 0 Å². The van der Waals surface area contributed by atoms with Crippen molar-refractivity contribution in [2.24, 2.45) is 5.73 Å². The average molecular weight is 400 g/mol. The van der Waals surface area contributed by atoms with Crippen molar-refractivity contribution in [2.45, 2.75) is 38.0 Å². The second-order valence-corrected chi connectivity index (χ2v) is 7.97. The van der Waals surface area contributed by atoms with Crippen LogP contribution in [0.4, 0.5) is 4.79 Å². The predicted molar refractivity (Wildman–Crippen MR) is 96.1 cm³/mol. The van der Waals surface area contributed by atoms with E-state index in [9.17, 15) is 18.0 Å². The van der Waals surface area contributed by atoms with Crippen molar-refractivity contribution in [3.05, 3.63) is 30.9 Å². The first-order valence-electron chi connectivity index (χ1n) is 8.39. The van der Waals surface area contributed by atoms with Crippen LogP contribution in [0.1, 0.15) is 18.5 Å². The Morgan fingerprint density at radius 1 is 1.48 bits per heavy atom. The first kappa shape index (κ1) is 20.9. The van der Waals surface area contributed by atoms with Gasteiger partial charge in [-0.15, -0.1) is 0 Å². The van der Waals surface area contributed by atoms with Crippen LogP contribution in [-0.4, -0.2) is 66.4 Å². The molecule has 11 heteroatoms. The van der Waals surface area contributed by atoms with Crippen LogP contribution < -0.4 is 5.73 Å². The monoisotopic (exact) mass is 400 g/mol. The van der Waals surface area contributed by atoms with E-state index in [4.69, 9.17) is 14.7 Å². The predicted octanol–water partition coefficient (Wildman–Crippen LogP) is 0.0427. The molecule has 0 unspecified atom stereocenters. The van der Waals surface area contributed by atoms with Gasteiger partial charge in [-0.1, -0.05) is 12.7 Å². The van der Waals surface area contributed by atoms with Gasteiger partial charge in [0.1, 0.15) is 6.61 Å². The number of imidazole rings is 1. The van der Waals surface area contributed by atoms with Crippen LogP contribution in [0.25, 0.3) is 0 Å². The SMILES string of the molecule is C=CCOC(=O)N1C[C@H](OS(C)(=O)=O)C[C@H]1CCn1cnc(CC(N)=O)c1. The number of nitrogens with two attached hydrogens (primary N) is 1. The van der Waals surface area contributed by atoms with E-state index in [-0.39, 0.29) is 25.6 Å². The quantitative estimate of drug-likeness (QED) is 0.457. The minimum atomic E-state index is -3.63. The Balaban J connectivity index is 2.01. The summed E-state index contributed by atoms with van der Waals surface area (Å²) in [6, 6.07) is -0.254. The molecule has 0 aromatic carbocycles. The zero-order valence-electron chi connectivity index (χ0n) is 15.1. The lowest BCUT2D eigenvalue weighted by molar-refractivity contribution is -0.117. The van der Waals surface area contributed by atoms with Crippen molar-refractivity contribution in [1.82, 2.24) is 14.5 Å². The maximum absolute atomic E-state index is 12.2. The first-order valence-corrected chi connectivity index (χ1v) is 10.2. The summed E-state index contributed by atoms with van der Waals surface area (Å²) >= 11 is 0. The lowest BCUT2D eigenvalue weighted by Gasteiger charge is -2.23. The summed E-state index contributed by atoms with van der Waals surface area (Å²) < 4.78 is 34.7. The molecule has 0 bridgehead atoms. The van der Waals surface area contributed by atoms with Crippen molar-refractivity contribution >= 4 is 22.1 Å². The van der Waals surface area contributed by atoms with Crippen LogP contribution in [0.2, 0.25) is 0 Å². The molecule has 0 saturated carbocycles. The number of rotatable bonds is 9. The molecule has 1 aliphatic rings. The Kier molecular flexibility index (Phi) is 6.97. The van der Waals surface area contributed by atoms with Crippen LogP contribution in [0.5, 0.6) is 0 Å². The number of aryl methyl sites for hydroxylation is 1. The standard InChI is InChI=1S/C16H24N4O6S/c1-3-6-25-16(22)20-10-14(26-27(2,23)24)8-13(20)4-5-19-9-12(18-11-19)7-15(17)21/h3,9,11,13-14H,1,4-8,10H2,2H3,(H2,17,21)/t13-,14-/m1/s1. The molecule has 1 aromatic heterocycles. The number of hydrogen-bond acceptors (Lipinski definition) is 7. The molecule has 0 radical (unpaired) electrons. The van der Waals surface area contributed by atoms with Crippen molar-refractivity contribution in [3.63, 3.8) is 0 Å². The Bertz CT molecular complexity index is 791. The summed E-state index contributed by atoms with van der Waals surface area (Å²) in [7, 11) is -3.63. The van der Waals surface area contributed by atoms with Gasteiger partial charge in [0.05, 0.1) is 37.3 Å². The first-order chi connectivity index (χ1) is 12.7. The van der Waals surface area contributed by atoms with Gasteiger partial charge in [0.2, 0.25) is 5.91 Å². The van der Waals surface area contributed by atoms with E-state index in [1.54, 1.807) is 17.1 Å². The van der Waals surface area contributed by atoms with Crippen molar-refractivity contribution in [1.29, 1.82) is 0 Å². The molecule has 2 amide bonds. The van der Waals surface area contributed by atoms with Crippen molar-refractivity contribution in [3.8, 4) is 0 Å². The summed E-state index contributed by atoms with van der Waals surface area (Å²) in [4.78, 5) is 28.8. The molecule has 1 saturated heterocycles. The van der Waals surface area contributed by atoms with Crippen LogP contribution in [0.3, 0.4) is 0 Å². The molecule has 0 aliphatic carbocycles. The number of primary amides is 1. The molecule has 2 heterocycles. The van der Waals surface area contributed by atoms with E-state index in [1.807, 2.05) is 0 Å². The second-order valence-electron chi connectivity index (χ2n) is 6.36. The molecule has 1 fully saturated rings. The highest BCUT2D eigenvalue weighted by Gasteiger charge is 2.38. The molecule has 150 valence electrons. The molecule has 27 heavy (non-hydrogen) atoms. The highest BCUT2D eigenvalue weighted by Crippen LogP contribution is 2.25. The van der Waals surface area contributed by atoms with Crippen LogP contribution in [-0.2, 0) is 36.8 Å². The van der Waals surface area contributed by atoms with Gasteiger partial charge in [-0.25, -0.2) is 9.78 Å². The molecule has 2 N–H and O–H groups in total. The molecule has 2 atom stereocenters. The van der Waals surface area contributed by atoms with Gasteiger partial charge in [-0.2, -0.15) is 8.42 Å². The summed E-state index contributed by atoms with van der Waals surface area (Å²) in [6.45, 7) is 4.22. The largest absolute Gasteiger partial charge is 0.445 e. The summed E-state index contributed by atoms with van der Waals surface area (Å²) in [6.07, 6.45) is 5.54. The Morgan fingerprint density at radius 2 is 2.22 bits per heavy atom. The van der Waals surface area contributed by atoms with Gasteiger partial charge in [0.25, 0.3) is 10.1 Å². The highest BCUT2D eigenvalue weighted by atomic mass is 32.2. The number of carbonyl (C=O) groups is 2. The fourth-order valence-corrected chi connectivity index (χ4v) is 3.63. The number of amides is 2. The number of hydrogen-bond donors (Lipinski definition) is 1. The summed E-state index contributed by atoms with van der Waals surface area (Å²) in [5.74, 6) is -0.465. The normalized spacial score (nSPS) is 19.8. The number of likely N-dealkylation sites (tertiary alicyclic amines) is 1. The Hall–Kier alpha value is -2.40. The minimum Gasteiger partial charge on any atom is -0.445 e. The third-order valence-electron chi connectivity index (χ3n) is 4.01. The lowest BCUT2D eigenvalue weighted by Crippen LogP contribution is -2.37. The van der Waals surface area contributed by atoms with E-state index in [2.05, 4.69) is 11.6 Å². The number of nitrogens with zero attached hydrogens (tertiary/aromatic N) is 3. The van der Waals surface area contributed by atoms with Crippen molar-refractivity contribution < 1.29 is 26.9 Å². The molecule has 0 spiro atoms.